The number of rotatable bonds is 7. The highest BCUT2D eigenvalue weighted by Crippen LogP contribution is 2.25. The van der Waals surface area contributed by atoms with Gasteiger partial charge in [0.1, 0.15) is 0 Å². The number of hydrogen-bond donors (Lipinski definition) is 2. The maximum atomic E-state index is 12.4. The first kappa shape index (κ1) is 22.1. The van der Waals surface area contributed by atoms with E-state index in [9.17, 15) is 4.79 Å². The van der Waals surface area contributed by atoms with Crippen LogP contribution in [0.3, 0.4) is 0 Å². The van der Waals surface area contributed by atoms with Gasteiger partial charge >= 0.3 is 6.03 Å². The number of aryl methyl sites for hydroxylation is 1. The van der Waals surface area contributed by atoms with Crippen LogP contribution in [0, 0.1) is 6.92 Å². The largest absolute Gasteiger partial charge is 0.331 e. The summed E-state index contributed by atoms with van der Waals surface area (Å²) in [6, 6.07) is 25.6. The van der Waals surface area contributed by atoms with E-state index in [2.05, 4.69) is 68.0 Å². The molecule has 0 unspecified atom stereocenters. The number of carbonyl (C=O) groups excluding carboxylic acids is 1. The summed E-state index contributed by atoms with van der Waals surface area (Å²) in [5.41, 5.74) is 4.05. The molecule has 0 bridgehead atoms. The maximum Gasteiger partial charge on any atom is 0.319 e. The van der Waals surface area contributed by atoms with Crippen LogP contribution < -0.4 is 10.6 Å². The molecular formula is C24H22BrN5OS. The topological polar surface area (TPSA) is 71.8 Å². The van der Waals surface area contributed by atoms with Crippen molar-refractivity contribution in [2.24, 2.45) is 0 Å². The third kappa shape index (κ3) is 5.77. The summed E-state index contributed by atoms with van der Waals surface area (Å²) < 4.78 is 2.89. The minimum Gasteiger partial charge on any atom is -0.331 e. The Bertz CT molecular complexity index is 1190. The molecule has 4 aromatic rings. The van der Waals surface area contributed by atoms with Gasteiger partial charge in [0.05, 0.1) is 6.54 Å². The number of halogens is 1. The number of hydrogen-bond acceptors (Lipinski definition) is 4. The molecule has 0 saturated carbocycles. The van der Waals surface area contributed by atoms with Crippen LogP contribution in [0.15, 0.2) is 88.5 Å². The normalized spacial score (nSPS) is 10.7. The van der Waals surface area contributed by atoms with Crippen molar-refractivity contribution in [3.8, 4) is 5.69 Å². The molecule has 0 spiro atoms. The molecule has 3 aromatic carbocycles. The molecule has 162 valence electrons. The lowest BCUT2D eigenvalue weighted by Gasteiger charge is -2.12. The zero-order valence-corrected chi connectivity index (χ0v) is 19.9. The average molecular weight is 508 g/mol. The summed E-state index contributed by atoms with van der Waals surface area (Å²) in [4.78, 5) is 12.4. The van der Waals surface area contributed by atoms with Gasteiger partial charge in [0.25, 0.3) is 0 Å². The van der Waals surface area contributed by atoms with Crippen LogP contribution >= 0.6 is 27.7 Å². The Hall–Kier alpha value is -3.10. The highest BCUT2D eigenvalue weighted by atomic mass is 79.9. The van der Waals surface area contributed by atoms with Gasteiger partial charge in [-0.25, -0.2) is 4.79 Å². The van der Waals surface area contributed by atoms with Crippen LogP contribution in [-0.2, 0) is 12.3 Å². The lowest BCUT2D eigenvalue weighted by molar-refractivity contribution is 0.251. The van der Waals surface area contributed by atoms with Gasteiger partial charge in [-0.2, -0.15) is 0 Å². The first-order chi connectivity index (χ1) is 15.6. The van der Waals surface area contributed by atoms with E-state index in [-0.39, 0.29) is 12.6 Å². The lowest BCUT2D eigenvalue weighted by atomic mass is 10.2. The van der Waals surface area contributed by atoms with Crippen LogP contribution in [0.25, 0.3) is 5.69 Å². The second-order valence-electron chi connectivity index (χ2n) is 7.16. The molecule has 0 radical (unpaired) electrons. The van der Waals surface area contributed by atoms with Gasteiger partial charge in [0.15, 0.2) is 11.0 Å². The maximum absolute atomic E-state index is 12.4. The molecule has 2 N–H and O–H groups in total. The molecule has 0 atom stereocenters. The summed E-state index contributed by atoms with van der Waals surface area (Å²) in [5.74, 6) is 1.44. The van der Waals surface area contributed by atoms with Crippen LogP contribution in [0.1, 0.15) is 17.0 Å². The van der Waals surface area contributed by atoms with E-state index in [0.29, 0.717) is 11.5 Å². The van der Waals surface area contributed by atoms with Gasteiger partial charge in [-0.3, -0.25) is 4.57 Å². The zero-order chi connectivity index (χ0) is 22.3. The fourth-order valence-corrected chi connectivity index (χ4v) is 4.41. The Labute approximate surface area is 199 Å². The van der Waals surface area contributed by atoms with Crippen molar-refractivity contribution in [3.63, 3.8) is 0 Å². The molecular weight excluding hydrogens is 486 g/mol. The van der Waals surface area contributed by atoms with Gasteiger partial charge in [-0.1, -0.05) is 81.8 Å². The third-order valence-electron chi connectivity index (χ3n) is 4.69. The number of nitrogens with zero attached hydrogens (tertiary/aromatic N) is 3. The highest BCUT2D eigenvalue weighted by molar-refractivity contribution is 9.10. The lowest BCUT2D eigenvalue weighted by Crippen LogP contribution is -2.29. The SMILES string of the molecule is Cc1ccc(-n2c(CNC(=O)Nc3cccc(Br)c3)nnc2SCc2ccccc2)cc1. The summed E-state index contributed by atoms with van der Waals surface area (Å²) in [7, 11) is 0. The average Bonchev–Trinajstić information content (AvgIpc) is 3.20. The highest BCUT2D eigenvalue weighted by Gasteiger charge is 2.15. The monoisotopic (exact) mass is 507 g/mol. The zero-order valence-electron chi connectivity index (χ0n) is 17.5. The van der Waals surface area contributed by atoms with Gasteiger partial charge in [0.2, 0.25) is 0 Å². The fourth-order valence-electron chi connectivity index (χ4n) is 3.08. The summed E-state index contributed by atoms with van der Waals surface area (Å²) in [6.07, 6.45) is 0. The summed E-state index contributed by atoms with van der Waals surface area (Å²) in [6.45, 7) is 2.29. The van der Waals surface area contributed by atoms with Crippen molar-refractivity contribution in [1.82, 2.24) is 20.1 Å². The van der Waals surface area contributed by atoms with Crippen LogP contribution in [0.2, 0.25) is 0 Å². The van der Waals surface area contributed by atoms with Crippen molar-refractivity contribution in [3.05, 3.63) is 100 Å². The van der Waals surface area contributed by atoms with Crippen LogP contribution in [0.5, 0.6) is 0 Å². The Morgan fingerprint density at radius 1 is 1.00 bits per heavy atom. The van der Waals surface area contributed by atoms with Crippen molar-refractivity contribution in [2.75, 3.05) is 5.32 Å². The van der Waals surface area contributed by atoms with Gasteiger partial charge < -0.3 is 10.6 Å². The fraction of sp³-hybridized carbons (Fsp3) is 0.125. The van der Waals surface area contributed by atoms with Crippen molar-refractivity contribution >= 4 is 39.4 Å². The van der Waals surface area contributed by atoms with E-state index in [1.54, 1.807) is 11.8 Å². The van der Waals surface area contributed by atoms with Crippen molar-refractivity contribution in [1.29, 1.82) is 0 Å². The van der Waals surface area contributed by atoms with E-state index < -0.39 is 0 Å². The van der Waals surface area contributed by atoms with E-state index in [1.165, 1.54) is 11.1 Å². The number of aromatic nitrogens is 3. The van der Waals surface area contributed by atoms with E-state index >= 15 is 0 Å². The number of amides is 2. The summed E-state index contributed by atoms with van der Waals surface area (Å²) >= 11 is 5.02. The van der Waals surface area contributed by atoms with E-state index in [4.69, 9.17) is 0 Å². The van der Waals surface area contributed by atoms with Crippen LogP contribution in [-0.4, -0.2) is 20.8 Å². The molecule has 1 heterocycles. The van der Waals surface area contributed by atoms with Crippen molar-refractivity contribution < 1.29 is 4.79 Å². The Balaban J connectivity index is 1.51. The molecule has 32 heavy (non-hydrogen) atoms. The Morgan fingerprint density at radius 3 is 2.53 bits per heavy atom. The standard InChI is InChI=1S/C24H22BrN5OS/c1-17-10-12-21(13-11-17)30-22(15-26-23(31)27-20-9-5-8-19(25)14-20)28-29-24(30)32-16-18-6-3-2-4-7-18/h2-14H,15-16H2,1H3,(H2,26,27,31). The number of urea groups is 1. The minimum atomic E-state index is -0.306. The van der Waals surface area contributed by atoms with Crippen molar-refractivity contribution in [2.45, 2.75) is 24.4 Å². The number of nitrogens with one attached hydrogen (secondary N) is 2. The molecule has 1 aromatic heterocycles. The first-order valence-corrected chi connectivity index (χ1v) is 11.8. The van der Waals surface area contributed by atoms with Gasteiger partial charge in [-0.05, 0) is 42.8 Å². The van der Waals surface area contributed by atoms with E-state index in [0.717, 1.165) is 21.1 Å². The van der Waals surface area contributed by atoms with Gasteiger partial charge in [0, 0.05) is 21.6 Å². The van der Waals surface area contributed by atoms with Gasteiger partial charge in [-0.15, -0.1) is 10.2 Å². The van der Waals surface area contributed by atoms with E-state index in [1.807, 2.05) is 59.2 Å². The second-order valence-corrected chi connectivity index (χ2v) is 9.02. The molecule has 4 rings (SSSR count). The Kier molecular flexibility index (Phi) is 7.24. The quantitative estimate of drug-likeness (QED) is 0.303. The molecule has 0 aliphatic rings. The predicted molar refractivity (Wildman–Crippen MR) is 132 cm³/mol. The molecule has 0 fully saturated rings. The number of carbonyl (C=O) groups is 1. The molecule has 6 nitrogen and oxygen atoms in total. The minimum absolute atomic E-state index is 0.243. The van der Waals surface area contributed by atoms with Crippen LogP contribution in [0.4, 0.5) is 10.5 Å². The number of anilines is 1. The number of thioether (sulfide) groups is 1. The molecule has 0 saturated heterocycles. The Morgan fingerprint density at radius 2 is 1.78 bits per heavy atom. The molecule has 0 aliphatic carbocycles. The summed E-state index contributed by atoms with van der Waals surface area (Å²) in [5, 5.41) is 15.3. The molecule has 2 amide bonds. The second kappa shape index (κ2) is 10.5. The first-order valence-electron chi connectivity index (χ1n) is 10.1. The molecule has 8 heteroatoms. The third-order valence-corrected chi connectivity index (χ3v) is 6.19. The number of benzene rings is 3. The molecule has 0 aliphatic heterocycles. The predicted octanol–water partition coefficient (Wildman–Crippen LogP) is 5.95. The smallest absolute Gasteiger partial charge is 0.319 e.